The number of carbonyl (C=O) groups excluding carboxylic acids is 2. The van der Waals surface area contributed by atoms with Crippen LogP contribution in [-0.4, -0.2) is 29.0 Å². The maximum Gasteiger partial charge on any atom is 0.233 e. The summed E-state index contributed by atoms with van der Waals surface area (Å²) in [6.45, 7) is 2.77. The molecule has 2 rings (SSSR count). The van der Waals surface area contributed by atoms with Gasteiger partial charge in [0, 0.05) is 6.54 Å². The van der Waals surface area contributed by atoms with Crippen LogP contribution in [0.3, 0.4) is 0 Å². The average Bonchev–Trinajstić information content (AvgIpc) is 2.89. The summed E-state index contributed by atoms with van der Waals surface area (Å²) < 4.78 is 0. The molecule has 1 aliphatic carbocycles. The summed E-state index contributed by atoms with van der Waals surface area (Å²) in [5, 5.41) is 0. The lowest BCUT2D eigenvalue weighted by Crippen LogP contribution is -2.33. The van der Waals surface area contributed by atoms with Gasteiger partial charge in [-0.1, -0.05) is 19.8 Å². The van der Waals surface area contributed by atoms with E-state index < -0.39 is 0 Å². The molecule has 0 aromatic rings. The first-order valence-corrected chi connectivity index (χ1v) is 7.78. The Hall–Kier alpha value is -0.510. The third-order valence-corrected chi connectivity index (χ3v) is 4.76. The van der Waals surface area contributed by atoms with Gasteiger partial charge in [-0.2, -0.15) is 12.6 Å². The molecule has 18 heavy (non-hydrogen) atoms. The van der Waals surface area contributed by atoms with Gasteiger partial charge in [-0.25, -0.2) is 0 Å². The van der Waals surface area contributed by atoms with Crippen LogP contribution in [-0.2, 0) is 9.59 Å². The van der Waals surface area contributed by atoms with Crippen molar-refractivity contribution in [2.75, 3.05) is 12.3 Å². The van der Waals surface area contributed by atoms with Crippen molar-refractivity contribution in [2.24, 2.45) is 17.8 Å². The molecular formula is C14H23NO2S. The van der Waals surface area contributed by atoms with Crippen molar-refractivity contribution >= 4 is 24.4 Å². The Kier molecular flexibility index (Phi) is 4.71. The minimum Gasteiger partial charge on any atom is -0.282 e. The van der Waals surface area contributed by atoms with Crippen LogP contribution in [0.1, 0.15) is 45.4 Å². The van der Waals surface area contributed by atoms with Crippen LogP contribution < -0.4 is 0 Å². The summed E-state index contributed by atoms with van der Waals surface area (Å²) in [6.07, 6.45) is 5.99. The fraction of sp³-hybridized carbons (Fsp3) is 0.857. The average molecular weight is 269 g/mol. The monoisotopic (exact) mass is 269 g/mol. The maximum absolute atomic E-state index is 12.2. The van der Waals surface area contributed by atoms with Crippen LogP contribution in [0.15, 0.2) is 0 Å². The normalized spacial score (nSPS) is 31.2. The molecule has 0 radical (unpaired) electrons. The molecule has 2 aliphatic rings. The number of thiol groups is 1. The Bertz CT molecular complexity index is 308. The first kappa shape index (κ1) is 13.9. The lowest BCUT2D eigenvalue weighted by Gasteiger charge is -2.17. The van der Waals surface area contributed by atoms with Gasteiger partial charge in [0.15, 0.2) is 0 Å². The number of hydrogen-bond acceptors (Lipinski definition) is 3. The fourth-order valence-corrected chi connectivity index (χ4v) is 3.53. The largest absolute Gasteiger partial charge is 0.282 e. The van der Waals surface area contributed by atoms with E-state index in [4.69, 9.17) is 0 Å². The van der Waals surface area contributed by atoms with Crippen molar-refractivity contribution in [1.29, 1.82) is 0 Å². The molecule has 3 nitrogen and oxygen atoms in total. The predicted molar refractivity (Wildman–Crippen MR) is 74.4 cm³/mol. The lowest BCUT2D eigenvalue weighted by molar-refractivity contribution is -0.140. The van der Waals surface area contributed by atoms with Crippen molar-refractivity contribution < 1.29 is 9.59 Å². The van der Waals surface area contributed by atoms with Crippen molar-refractivity contribution in [2.45, 2.75) is 45.4 Å². The van der Waals surface area contributed by atoms with E-state index in [0.717, 1.165) is 44.3 Å². The summed E-state index contributed by atoms with van der Waals surface area (Å²) in [6, 6.07) is 0. The first-order chi connectivity index (χ1) is 8.69. The zero-order valence-corrected chi connectivity index (χ0v) is 12.0. The molecule has 1 aliphatic heterocycles. The van der Waals surface area contributed by atoms with E-state index in [9.17, 15) is 9.59 Å². The van der Waals surface area contributed by atoms with Crippen LogP contribution in [0, 0.1) is 17.8 Å². The van der Waals surface area contributed by atoms with Crippen molar-refractivity contribution in [3.63, 3.8) is 0 Å². The first-order valence-electron chi connectivity index (χ1n) is 7.15. The molecule has 2 fully saturated rings. The van der Waals surface area contributed by atoms with E-state index >= 15 is 0 Å². The van der Waals surface area contributed by atoms with Crippen LogP contribution in [0.2, 0.25) is 0 Å². The molecule has 0 N–H and O–H groups in total. The molecule has 2 unspecified atom stereocenters. The lowest BCUT2D eigenvalue weighted by atomic mass is 10.00. The Morgan fingerprint density at radius 2 is 1.72 bits per heavy atom. The van der Waals surface area contributed by atoms with Gasteiger partial charge in [-0.05, 0) is 37.4 Å². The van der Waals surface area contributed by atoms with Crippen LogP contribution >= 0.6 is 12.6 Å². The summed E-state index contributed by atoms with van der Waals surface area (Å²) >= 11 is 4.16. The summed E-state index contributed by atoms with van der Waals surface area (Å²) in [7, 11) is 0. The third-order valence-electron chi connectivity index (χ3n) is 4.44. The Balaban J connectivity index is 1.88. The molecular weight excluding hydrogens is 246 g/mol. The van der Waals surface area contributed by atoms with Gasteiger partial charge >= 0.3 is 0 Å². The van der Waals surface area contributed by atoms with Crippen molar-refractivity contribution in [1.82, 2.24) is 4.90 Å². The number of fused-ring (bicyclic) bond motifs is 1. The maximum atomic E-state index is 12.2. The highest BCUT2D eigenvalue weighted by molar-refractivity contribution is 7.80. The molecule has 102 valence electrons. The van der Waals surface area contributed by atoms with Gasteiger partial charge in [0.2, 0.25) is 11.8 Å². The third kappa shape index (κ3) is 2.58. The number of likely N-dealkylation sites (tertiary alicyclic amines) is 1. The predicted octanol–water partition coefficient (Wildman–Crippen LogP) is 2.51. The van der Waals surface area contributed by atoms with Gasteiger partial charge < -0.3 is 0 Å². The van der Waals surface area contributed by atoms with Gasteiger partial charge in [-0.3, -0.25) is 14.5 Å². The summed E-state index contributed by atoms with van der Waals surface area (Å²) in [5.41, 5.74) is 0. The number of unbranched alkanes of at least 4 members (excludes halogenated alkanes) is 2. The summed E-state index contributed by atoms with van der Waals surface area (Å²) in [4.78, 5) is 26.0. The number of rotatable bonds is 6. The molecule has 1 heterocycles. The molecule has 1 saturated heterocycles. The Morgan fingerprint density at radius 1 is 1.11 bits per heavy atom. The molecule has 0 bridgehead atoms. The number of nitrogens with zero attached hydrogens (tertiary/aromatic N) is 1. The quantitative estimate of drug-likeness (QED) is 0.457. The number of carbonyl (C=O) groups is 2. The van der Waals surface area contributed by atoms with Crippen molar-refractivity contribution in [3.8, 4) is 0 Å². The van der Waals surface area contributed by atoms with Gasteiger partial charge in [-0.15, -0.1) is 0 Å². The van der Waals surface area contributed by atoms with Gasteiger partial charge in [0.1, 0.15) is 0 Å². The van der Waals surface area contributed by atoms with E-state index in [1.54, 1.807) is 0 Å². The van der Waals surface area contributed by atoms with E-state index in [1.165, 1.54) is 4.90 Å². The van der Waals surface area contributed by atoms with Crippen molar-refractivity contribution in [3.05, 3.63) is 0 Å². The van der Waals surface area contributed by atoms with E-state index in [0.29, 0.717) is 12.5 Å². The van der Waals surface area contributed by atoms with E-state index in [2.05, 4.69) is 19.6 Å². The Morgan fingerprint density at radius 3 is 2.22 bits per heavy atom. The second-order valence-electron chi connectivity index (χ2n) is 5.57. The summed E-state index contributed by atoms with van der Waals surface area (Å²) in [5.74, 6) is 1.68. The molecule has 1 saturated carbocycles. The van der Waals surface area contributed by atoms with Crippen LogP contribution in [0.25, 0.3) is 0 Å². The van der Waals surface area contributed by atoms with E-state index in [-0.39, 0.29) is 23.7 Å². The van der Waals surface area contributed by atoms with Gasteiger partial charge in [0.05, 0.1) is 11.8 Å². The van der Waals surface area contributed by atoms with Gasteiger partial charge in [0.25, 0.3) is 0 Å². The molecule has 0 spiro atoms. The molecule has 2 amide bonds. The topological polar surface area (TPSA) is 37.4 Å². The molecule has 4 heteroatoms. The molecule has 0 aromatic heterocycles. The number of amides is 2. The minimum atomic E-state index is 0.00679. The molecule has 2 atom stereocenters. The highest BCUT2D eigenvalue weighted by Gasteiger charge is 2.51. The molecule has 0 aromatic carbocycles. The fourth-order valence-electron chi connectivity index (χ4n) is 3.31. The zero-order chi connectivity index (χ0) is 13.1. The van der Waals surface area contributed by atoms with Crippen LogP contribution in [0.5, 0.6) is 0 Å². The minimum absolute atomic E-state index is 0.00679. The van der Waals surface area contributed by atoms with E-state index in [1.807, 2.05) is 0 Å². The SMILES string of the molecule is CCC1CC2C(=O)N(CCCCCS)C(=O)C2C1. The highest BCUT2D eigenvalue weighted by atomic mass is 32.1. The second-order valence-corrected chi connectivity index (χ2v) is 6.02. The number of imide groups is 1. The second kappa shape index (κ2) is 6.09. The standard InChI is InChI=1S/C14H23NO2S/c1-2-10-8-11-12(9-10)14(17)15(13(11)16)6-4-3-5-7-18/h10-12,18H,2-9H2,1H3. The highest BCUT2D eigenvalue weighted by Crippen LogP contribution is 2.44. The smallest absolute Gasteiger partial charge is 0.233 e. The van der Waals surface area contributed by atoms with Crippen LogP contribution in [0.4, 0.5) is 0 Å². The number of hydrogen-bond donors (Lipinski definition) is 1. The zero-order valence-electron chi connectivity index (χ0n) is 11.1. The Labute approximate surface area is 115 Å².